The molecule has 2 unspecified atom stereocenters. The molecule has 2 saturated heterocycles. The van der Waals surface area contributed by atoms with E-state index >= 15 is 0 Å². The van der Waals surface area contributed by atoms with Gasteiger partial charge in [0, 0.05) is 44.3 Å². The van der Waals surface area contributed by atoms with Gasteiger partial charge in [-0.05, 0) is 27.8 Å². The molecule has 0 spiro atoms. The molecule has 2 aliphatic rings. The van der Waals surface area contributed by atoms with E-state index in [1.807, 2.05) is 4.90 Å². The number of rotatable bonds is 1. The lowest BCUT2D eigenvalue weighted by Crippen LogP contribution is -2.64. The van der Waals surface area contributed by atoms with E-state index in [0.717, 1.165) is 32.7 Å². The van der Waals surface area contributed by atoms with Crippen LogP contribution in [0, 0.1) is 0 Å². The summed E-state index contributed by atoms with van der Waals surface area (Å²) in [6, 6.07) is 0.401. The summed E-state index contributed by atoms with van der Waals surface area (Å²) in [6.45, 7) is 10.7. The Morgan fingerprint density at radius 3 is 2.50 bits per heavy atom. The largest absolute Gasteiger partial charge is 0.338 e. The van der Waals surface area contributed by atoms with Crippen molar-refractivity contribution in [3.63, 3.8) is 0 Å². The van der Waals surface area contributed by atoms with Gasteiger partial charge in [0.1, 0.15) is 0 Å². The monoisotopic (exact) mass is 254 g/mol. The van der Waals surface area contributed by atoms with Gasteiger partial charge in [0.15, 0.2) is 0 Å². The summed E-state index contributed by atoms with van der Waals surface area (Å²) >= 11 is 0. The highest BCUT2D eigenvalue weighted by atomic mass is 16.2. The fourth-order valence-electron chi connectivity index (χ4n) is 2.61. The minimum atomic E-state index is -0.0552. The molecule has 0 aromatic rings. The predicted octanol–water partition coefficient (Wildman–Crippen LogP) is -0.511. The molecule has 0 bridgehead atoms. The van der Waals surface area contributed by atoms with Crippen molar-refractivity contribution in [1.82, 2.24) is 20.4 Å². The molecule has 2 heterocycles. The average Bonchev–Trinajstić information content (AvgIpc) is 2.33. The van der Waals surface area contributed by atoms with Gasteiger partial charge in [0.25, 0.3) is 0 Å². The Hall–Kier alpha value is -0.650. The van der Waals surface area contributed by atoms with Crippen molar-refractivity contribution in [2.45, 2.75) is 38.4 Å². The Morgan fingerprint density at radius 1 is 1.22 bits per heavy atom. The molecule has 0 saturated carbocycles. The maximum absolute atomic E-state index is 12.5. The van der Waals surface area contributed by atoms with Crippen LogP contribution in [0.4, 0.5) is 0 Å². The van der Waals surface area contributed by atoms with Crippen LogP contribution in [0.25, 0.3) is 0 Å². The number of nitrogens with zero attached hydrogens (tertiary/aromatic N) is 2. The molecule has 0 aliphatic carbocycles. The molecule has 0 aromatic carbocycles. The van der Waals surface area contributed by atoms with Crippen LogP contribution in [0.3, 0.4) is 0 Å². The fraction of sp³-hybridized carbons (Fsp3) is 0.923. The molecule has 1 amide bonds. The standard InChI is InChI=1S/C13H26N4O/c1-10-7-15-11(8-14-10)12(18)17-6-5-16(4)13(2,3)9-17/h10-11,14-15H,5-9H2,1-4H3. The second-order valence-corrected chi connectivity index (χ2v) is 6.26. The number of hydrogen-bond donors (Lipinski definition) is 2. The number of likely N-dealkylation sites (N-methyl/N-ethyl adjacent to an activating group) is 1. The van der Waals surface area contributed by atoms with E-state index in [-0.39, 0.29) is 17.5 Å². The van der Waals surface area contributed by atoms with Crippen LogP contribution in [0.15, 0.2) is 0 Å². The molecule has 5 nitrogen and oxygen atoms in total. The summed E-state index contributed by atoms with van der Waals surface area (Å²) in [7, 11) is 2.13. The SMILES string of the molecule is CC1CNC(C(=O)N2CCN(C)C(C)(C)C2)CN1. The first-order valence-corrected chi connectivity index (χ1v) is 6.87. The van der Waals surface area contributed by atoms with Gasteiger partial charge in [0.2, 0.25) is 5.91 Å². The summed E-state index contributed by atoms with van der Waals surface area (Å²) in [4.78, 5) is 16.8. The Balaban J connectivity index is 1.93. The Kier molecular flexibility index (Phi) is 3.94. The van der Waals surface area contributed by atoms with Gasteiger partial charge in [-0.1, -0.05) is 0 Å². The molecule has 2 N–H and O–H groups in total. The lowest BCUT2D eigenvalue weighted by molar-refractivity contribution is -0.138. The van der Waals surface area contributed by atoms with Gasteiger partial charge in [0.05, 0.1) is 6.04 Å². The lowest BCUT2D eigenvalue weighted by Gasteiger charge is -2.46. The van der Waals surface area contributed by atoms with Crippen molar-refractivity contribution in [3.05, 3.63) is 0 Å². The maximum Gasteiger partial charge on any atom is 0.241 e. The number of piperazine rings is 2. The molecule has 0 aromatic heterocycles. The third kappa shape index (κ3) is 2.84. The summed E-state index contributed by atoms with van der Waals surface area (Å²) in [5.74, 6) is 0.246. The average molecular weight is 254 g/mol. The molecule has 0 radical (unpaired) electrons. The quantitative estimate of drug-likeness (QED) is 0.662. The highest BCUT2D eigenvalue weighted by Crippen LogP contribution is 2.19. The van der Waals surface area contributed by atoms with E-state index in [0.29, 0.717) is 6.04 Å². The van der Waals surface area contributed by atoms with Crippen LogP contribution in [0.2, 0.25) is 0 Å². The molecule has 2 fully saturated rings. The molecule has 18 heavy (non-hydrogen) atoms. The van der Waals surface area contributed by atoms with Gasteiger partial charge in [-0.2, -0.15) is 0 Å². The van der Waals surface area contributed by atoms with Gasteiger partial charge >= 0.3 is 0 Å². The summed E-state index contributed by atoms with van der Waals surface area (Å²) < 4.78 is 0. The zero-order valence-corrected chi connectivity index (χ0v) is 12.0. The maximum atomic E-state index is 12.5. The third-order valence-corrected chi connectivity index (χ3v) is 4.27. The minimum absolute atomic E-state index is 0.0552. The van der Waals surface area contributed by atoms with Crippen molar-refractivity contribution >= 4 is 5.91 Å². The lowest BCUT2D eigenvalue weighted by atomic mass is 9.99. The van der Waals surface area contributed by atoms with Gasteiger partial charge in [-0.25, -0.2) is 0 Å². The fourth-order valence-corrected chi connectivity index (χ4v) is 2.61. The normalized spacial score (nSPS) is 33.4. The van der Waals surface area contributed by atoms with E-state index < -0.39 is 0 Å². The van der Waals surface area contributed by atoms with E-state index in [1.54, 1.807) is 0 Å². The van der Waals surface area contributed by atoms with E-state index in [1.165, 1.54) is 0 Å². The Morgan fingerprint density at radius 2 is 1.94 bits per heavy atom. The smallest absolute Gasteiger partial charge is 0.241 e. The van der Waals surface area contributed by atoms with Crippen LogP contribution in [0.5, 0.6) is 0 Å². The summed E-state index contributed by atoms with van der Waals surface area (Å²) in [5, 5.41) is 6.70. The molecular formula is C13H26N4O. The number of nitrogens with one attached hydrogen (secondary N) is 2. The molecule has 5 heteroatoms. The first-order valence-electron chi connectivity index (χ1n) is 6.87. The number of amides is 1. The first kappa shape index (κ1) is 13.8. The number of carbonyl (C=O) groups is 1. The first-order chi connectivity index (χ1) is 8.40. The molecule has 2 aliphatic heterocycles. The predicted molar refractivity (Wildman–Crippen MR) is 72.5 cm³/mol. The van der Waals surface area contributed by atoms with Crippen molar-refractivity contribution in [2.75, 3.05) is 39.8 Å². The molecular weight excluding hydrogens is 228 g/mol. The zero-order chi connectivity index (χ0) is 13.3. The van der Waals surface area contributed by atoms with Gasteiger partial charge in [-0.15, -0.1) is 0 Å². The van der Waals surface area contributed by atoms with E-state index in [2.05, 4.69) is 43.4 Å². The van der Waals surface area contributed by atoms with Crippen molar-refractivity contribution < 1.29 is 4.79 Å². The topological polar surface area (TPSA) is 47.6 Å². The van der Waals surface area contributed by atoms with Crippen molar-refractivity contribution in [1.29, 1.82) is 0 Å². The van der Waals surface area contributed by atoms with Crippen LogP contribution in [0.1, 0.15) is 20.8 Å². The molecule has 104 valence electrons. The summed E-state index contributed by atoms with van der Waals surface area (Å²) in [5.41, 5.74) is 0.0727. The Labute approximate surface area is 110 Å². The molecule has 2 rings (SSSR count). The number of carbonyl (C=O) groups excluding carboxylic acids is 1. The van der Waals surface area contributed by atoms with E-state index in [4.69, 9.17) is 0 Å². The molecule has 2 atom stereocenters. The third-order valence-electron chi connectivity index (χ3n) is 4.27. The second kappa shape index (κ2) is 5.15. The van der Waals surface area contributed by atoms with Crippen LogP contribution >= 0.6 is 0 Å². The minimum Gasteiger partial charge on any atom is -0.338 e. The Bertz CT molecular complexity index is 310. The van der Waals surface area contributed by atoms with Crippen LogP contribution < -0.4 is 10.6 Å². The van der Waals surface area contributed by atoms with Gasteiger partial charge < -0.3 is 15.5 Å². The highest BCUT2D eigenvalue weighted by Gasteiger charge is 2.36. The van der Waals surface area contributed by atoms with E-state index in [9.17, 15) is 4.79 Å². The summed E-state index contributed by atoms with van der Waals surface area (Å²) in [6.07, 6.45) is 0. The van der Waals surface area contributed by atoms with Crippen LogP contribution in [-0.4, -0.2) is 73.1 Å². The van der Waals surface area contributed by atoms with Crippen LogP contribution in [-0.2, 0) is 4.79 Å². The van der Waals surface area contributed by atoms with Crippen molar-refractivity contribution in [3.8, 4) is 0 Å². The van der Waals surface area contributed by atoms with Crippen molar-refractivity contribution in [2.24, 2.45) is 0 Å². The number of hydrogen-bond acceptors (Lipinski definition) is 4. The van der Waals surface area contributed by atoms with Gasteiger partial charge in [-0.3, -0.25) is 9.69 Å². The zero-order valence-electron chi connectivity index (χ0n) is 12.0. The highest BCUT2D eigenvalue weighted by molar-refractivity contribution is 5.82. The second-order valence-electron chi connectivity index (χ2n) is 6.26.